The second kappa shape index (κ2) is 7.16. The van der Waals surface area contributed by atoms with Gasteiger partial charge in [-0.15, -0.1) is 0 Å². The number of aliphatic carboxylic acids is 1. The average molecular weight is 317 g/mol. The molecule has 0 heterocycles. The summed E-state index contributed by atoms with van der Waals surface area (Å²) < 4.78 is 0. The predicted octanol–water partition coefficient (Wildman–Crippen LogP) is 3.78. The van der Waals surface area contributed by atoms with Crippen LogP contribution in [0.25, 0.3) is 0 Å². The highest BCUT2D eigenvalue weighted by Gasteiger charge is 2.34. The van der Waals surface area contributed by atoms with Crippen LogP contribution in [0.1, 0.15) is 58.1 Å². The van der Waals surface area contributed by atoms with Crippen molar-refractivity contribution in [1.29, 1.82) is 0 Å². The summed E-state index contributed by atoms with van der Waals surface area (Å²) in [4.78, 5) is 23.9. The zero-order chi connectivity index (χ0) is 17.0. The van der Waals surface area contributed by atoms with E-state index in [-0.39, 0.29) is 29.2 Å². The SMILES string of the molecule is CC(C)(C)C(NC(=O)C1CCCC(C(=O)O)C1)c1ccccc1. The summed E-state index contributed by atoms with van der Waals surface area (Å²) in [5.74, 6) is -1.37. The molecule has 1 aliphatic carbocycles. The third kappa shape index (κ3) is 4.57. The number of carbonyl (C=O) groups excluding carboxylic acids is 1. The summed E-state index contributed by atoms with van der Waals surface area (Å²) in [6, 6.07) is 9.88. The highest BCUT2D eigenvalue weighted by molar-refractivity contribution is 5.80. The van der Waals surface area contributed by atoms with E-state index in [9.17, 15) is 14.7 Å². The average Bonchev–Trinajstić information content (AvgIpc) is 2.52. The molecule has 1 aliphatic rings. The molecule has 126 valence electrons. The van der Waals surface area contributed by atoms with Gasteiger partial charge in [-0.1, -0.05) is 57.5 Å². The molecular weight excluding hydrogens is 290 g/mol. The summed E-state index contributed by atoms with van der Waals surface area (Å²) >= 11 is 0. The van der Waals surface area contributed by atoms with Crippen LogP contribution in [-0.4, -0.2) is 17.0 Å². The molecule has 3 unspecified atom stereocenters. The van der Waals surface area contributed by atoms with E-state index in [0.717, 1.165) is 18.4 Å². The topological polar surface area (TPSA) is 66.4 Å². The van der Waals surface area contributed by atoms with Crippen molar-refractivity contribution in [3.63, 3.8) is 0 Å². The van der Waals surface area contributed by atoms with Gasteiger partial charge in [0.2, 0.25) is 5.91 Å². The molecule has 0 aliphatic heterocycles. The number of carbonyl (C=O) groups is 2. The lowest BCUT2D eigenvalue weighted by Gasteiger charge is -2.34. The fraction of sp³-hybridized carbons (Fsp3) is 0.579. The number of amides is 1. The van der Waals surface area contributed by atoms with Gasteiger partial charge in [0.15, 0.2) is 0 Å². The maximum absolute atomic E-state index is 12.7. The molecule has 0 radical (unpaired) electrons. The number of benzene rings is 1. The van der Waals surface area contributed by atoms with Gasteiger partial charge < -0.3 is 10.4 Å². The quantitative estimate of drug-likeness (QED) is 0.888. The molecule has 2 N–H and O–H groups in total. The van der Waals surface area contributed by atoms with Gasteiger partial charge in [-0.3, -0.25) is 9.59 Å². The molecule has 4 nitrogen and oxygen atoms in total. The van der Waals surface area contributed by atoms with Crippen LogP contribution < -0.4 is 5.32 Å². The molecule has 0 aromatic heterocycles. The molecule has 1 aromatic carbocycles. The molecule has 3 atom stereocenters. The van der Waals surface area contributed by atoms with Gasteiger partial charge in [0.25, 0.3) is 0 Å². The van der Waals surface area contributed by atoms with Crippen LogP contribution in [0, 0.1) is 17.3 Å². The standard InChI is InChI=1S/C19H27NO3/c1-19(2,3)16(13-8-5-4-6-9-13)20-17(21)14-10-7-11-15(12-14)18(22)23/h4-6,8-9,14-16H,7,10-12H2,1-3H3,(H,20,21)(H,22,23). The zero-order valence-corrected chi connectivity index (χ0v) is 14.2. The maximum atomic E-state index is 12.7. The van der Waals surface area contributed by atoms with E-state index >= 15 is 0 Å². The molecule has 0 bridgehead atoms. The van der Waals surface area contributed by atoms with Crippen LogP contribution in [0.15, 0.2) is 30.3 Å². The Morgan fingerprint density at radius 1 is 1.13 bits per heavy atom. The number of carboxylic acid groups (broad SMARTS) is 1. The van der Waals surface area contributed by atoms with E-state index in [1.807, 2.05) is 30.3 Å². The van der Waals surface area contributed by atoms with E-state index < -0.39 is 5.97 Å². The van der Waals surface area contributed by atoms with Gasteiger partial charge in [0.1, 0.15) is 0 Å². The van der Waals surface area contributed by atoms with Gasteiger partial charge in [0.05, 0.1) is 12.0 Å². The monoisotopic (exact) mass is 317 g/mol. The van der Waals surface area contributed by atoms with Crippen LogP contribution in [0.5, 0.6) is 0 Å². The van der Waals surface area contributed by atoms with E-state index in [1.165, 1.54) is 0 Å². The first kappa shape index (κ1) is 17.5. The lowest BCUT2D eigenvalue weighted by Crippen LogP contribution is -2.41. The van der Waals surface area contributed by atoms with E-state index in [0.29, 0.717) is 12.8 Å². The van der Waals surface area contributed by atoms with E-state index in [4.69, 9.17) is 0 Å². The Balaban J connectivity index is 2.10. The molecule has 0 saturated heterocycles. The number of rotatable bonds is 4. The predicted molar refractivity (Wildman–Crippen MR) is 89.9 cm³/mol. The Hall–Kier alpha value is -1.84. The maximum Gasteiger partial charge on any atom is 0.306 e. The molecular formula is C19H27NO3. The fourth-order valence-corrected chi connectivity index (χ4v) is 3.36. The first-order chi connectivity index (χ1) is 10.8. The Morgan fingerprint density at radius 2 is 1.74 bits per heavy atom. The summed E-state index contributed by atoms with van der Waals surface area (Å²) in [5, 5.41) is 12.4. The molecule has 1 saturated carbocycles. The van der Waals surface area contributed by atoms with Crippen molar-refractivity contribution in [2.24, 2.45) is 17.3 Å². The highest BCUT2D eigenvalue weighted by atomic mass is 16.4. The van der Waals surface area contributed by atoms with Gasteiger partial charge in [0, 0.05) is 5.92 Å². The lowest BCUT2D eigenvalue weighted by atomic mass is 9.79. The Morgan fingerprint density at radius 3 is 2.30 bits per heavy atom. The van der Waals surface area contributed by atoms with Crippen molar-refractivity contribution in [3.05, 3.63) is 35.9 Å². The Bertz CT molecular complexity index is 547. The number of hydrogen-bond acceptors (Lipinski definition) is 2. The first-order valence-corrected chi connectivity index (χ1v) is 8.37. The minimum absolute atomic E-state index is 0.0141. The largest absolute Gasteiger partial charge is 0.481 e. The van der Waals surface area contributed by atoms with E-state index in [1.54, 1.807) is 0 Å². The minimum atomic E-state index is -0.780. The minimum Gasteiger partial charge on any atom is -0.481 e. The van der Waals surface area contributed by atoms with Gasteiger partial charge >= 0.3 is 5.97 Å². The van der Waals surface area contributed by atoms with Crippen molar-refractivity contribution < 1.29 is 14.7 Å². The molecule has 23 heavy (non-hydrogen) atoms. The molecule has 1 aromatic rings. The summed E-state index contributed by atoms with van der Waals surface area (Å²) in [5.41, 5.74) is 0.969. The second-order valence-corrected chi connectivity index (χ2v) is 7.62. The van der Waals surface area contributed by atoms with Gasteiger partial charge in [-0.25, -0.2) is 0 Å². The molecule has 4 heteroatoms. The van der Waals surface area contributed by atoms with Crippen molar-refractivity contribution in [3.8, 4) is 0 Å². The lowest BCUT2D eigenvalue weighted by molar-refractivity contribution is -0.144. The van der Waals surface area contributed by atoms with Gasteiger partial charge in [-0.2, -0.15) is 0 Å². The number of hydrogen-bond donors (Lipinski definition) is 2. The highest BCUT2D eigenvalue weighted by Crippen LogP contribution is 2.35. The molecule has 1 fully saturated rings. The third-order valence-electron chi connectivity index (χ3n) is 4.68. The normalized spacial score (nSPS) is 23.1. The first-order valence-electron chi connectivity index (χ1n) is 8.37. The van der Waals surface area contributed by atoms with Crippen molar-refractivity contribution in [2.75, 3.05) is 0 Å². The zero-order valence-electron chi connectivity index (χ0n) is 14.2. The fourth-order valence-electron chi connectivity index (χ4n) is 3.36. The van der Waals surface area contributed by atoms with Crippen LogP contribution in [0.2, 0.25) is 0 Å². The second-order valence-electron chi connectivity index (χ2n) is 7.62. The Labute approximate surface area is 138 Å². The molecule has 0 spiro atoms. The van der Waals surface area contributed by atoms with Crippen molar-refractivity contribution in [1.82, 2.24) is 5.32 Å². The summed E-state index contributed by atoms with van der Waals surface area (Å²) in [7, 11) is 0. The van der Waals surface area contributed by atoms with Crippen LogP contribution >= 0.6 is 0 Å². The number of carboxylic acids is 1. The van der Waals surface area contributed by atoms with Crippen molar-refractivity contribution >= 4 is 11.9 Å². The van der Waals surface area contributed by atoms with Gasteiger partial charge in [-0.05, 0) is 30.2 Å². The molecule has 2 rings (SSSR count). The number of nitrogens with one attached hydrogen (secondary N) is 1. The van der Waals surface area contributed by atoms with E-state index in [2.05, 4.69) is 26.1 Å². The summed E-state index contributed by atoms with van der Waals surface area (Å²) in [6.45, 7) is 6.31. The van der Waals surface area contributed by atoms with Crippen LogP contribution in [0.4, 0.5) is 0 Å². The third-order valence-corrected chi connectivity index (χ3v) is 4.68. The Kier molecular flexibility index (Phi) is 5.45. The summed E-state index contributed by atoms with van der Waals surface area (Å²) in [6.07, 6.45) is 2.72. The van der Waals surface area contributed by atoms with Crippen LogP contribution in [-0.2, 0) is 9.59 Å². The van der Waals surface area contributed by atoms with Crippen LogP contribution in [0.3, 0.4) is 0 Å². The molecule has 1 amide bonds. The smallest absolute Gasteiger partial charge is 0.306 e. The van der Waals surface area contributed by atoms with Crippen molar-refractivity contribution in [2.45, 2.75) is 52.5 Å².